The number of benzene rings is 1. The highest BCUT2D eigenvalue weighted by molar-refractivity contribution is 7.92. The summed E-state index contributed by atoms with van der Waals surface area (Å²) in [5.41, 5.74) is -0.702. The highest BCUT2D eigenvalue weighted by atomic mass is 32.2. The van der Waals surface area contributed by atoms with Gasteiger partial charge in [-0.05, 0) is 83.6 Å². The van der Waals surface area contributed by atoms with E-state index in [-0.39, 0.29) is 43.1 Å². The number of thiophene rings is 1. The molecule has 1 aromatic heterocycles. The van der Waals surface area contributed by atoms with E-state index in [0.29, 0.717) is 30.4 Å². The molecule has 0 radical (unpaired) electrons. The van der Waals surface area contributed by atoms with Crippen LogP contribution in [-0.2, 0) is 47.0 Å². The van der Waals surface area contributed by atoms with Crippen LogP contribution in [0.4, 0.5) is 14.0 Å². The molecule has 2 fully saturated rings. The first kappa shape index (κ1) is 40.2. The van der Waals surface area contributed by atoms with E-state index < -0.39 is 81.0 Å². The van der Waals surface area contributed by atoms with Crippen molar-refractivity contribution in [3.63, 3.8) is 0 Å². The van der Waals surface area contributed by atoms with Gasteiger partial charge in [-0.1, -0.05) is 37.1 Å². The largest absolute Gasteiger partial charge is 0.444 e. The van der Waals surface area contributed by atoms with Crippen LogP contribution in [-0.4, -0.2) is 84.0 Å². The summed E-state index contributed by atoms with van der Waals surface area (Å²) in [5, 5.41) is 5.46. The maximum Gasteiger partial charge on any atom is 0.410 e. The lowest BCUT2D eigenvalue weighted by Crippen LogP contribution is -2.58. The summed E-state index contributed by atoms with van der Waals surface area (Å²) in [7, 11) is -4.28. The number of hydrogen-bond acceptors (Lipinski definition) is 10. The second kappa shape index (κ2) is 15.6. The van der Waals surface area contributed by atoms with Gasteiger partial charge < -0.3 is 25.0 Å². The number of ether oxygens (including phenoxy) is 2. The molecule has 5 amide bonds. The van der Waals surface area contributed by atoms with Crippen LogP contribution in [0, 0.1) is 25.6 Å². The molecule has 3 N–H and O–H groups in total. The van der Waals surface area contributed by atoms with Gasteiger partial charge in [0.15, 0.2) is 0 Å². The Morgan fingerprint density at radius 2 is 1.85 bits per heavy atom. The predicted octanol–water partition coefficient (Wildman–Crippen LogP) is 4.72. The maximum absolute atomic E-state index is 14.5. The van der Waals surface area contributed by atoms with Crippen molar-refractivity contribution in [1.82, 2.24) is 25.2 Å². The molecule has 14 nitrogen and oxygen atoms in total. The zero-order valence-corrected chi connectivity index (χ0v) is 33.2. The molecule has 5 atom stereocenters. The Kier molecular flexibility index (Phi) is 11.4. The van der Waals surface area contributed by atoms with Gasteiger partial charge in [0, 0.05) is 29.3 Å². The fourth-order valence-electron chi connectivity index (χ4n) is 7.28. The molecule has 1 aliphatic carbocycles. The number of fused-ring (bicyclic) bond motifs is 3. The summed E-state index contributed by atoms with van der Waals surface area (Å²) in [4.78, 5) is 72.3. The molecular formula is C38H48FN5O9S2. The second-order valence-electron chi connectivity index (χ2n) is 15.8. The Morgan fingerprint density at radius 3 is 2.55 bits per heavy atom. The molecule has 1 saturated heterocycles. The van der Waals surface area contributed by atoms with E-state index in [9.17, 15) is 36.8 Å². The van der Waals surface area contributed by atoms with Crippen molar-refractivity contribution in [2.45, 2.75) is 126 Å². The SMILES string of the molecule is Cc1cc(S(=O)(=O)NC(=O)[C@@]23C[C@H]2C=CCCCCC[C@H](NC(=O)OC(C)(C)C)C(=O)N2C[C@H](OC(=O)N4Cc5cccc(F)c5C4)C[C@H]2C(=O)N3)sc1C. The van der Waals surface area contributed by atoms with Crippen molar-refractivity contribution >= 4 is 51.3 Å². The number of sulfonamides is 1. The van der Waals surface area contributed by atoms with E-state index in [4.69, 9.17) is 9.47 Å². The lowest BCUT2D eigenvalue weighted by molar-refractivity contribution is -0.141. The van der Waals surface area contributed by atoms with Crippen LogP contribution in [0.15, 0.2) is 40.6 Å². The number of nitrogens with one attached hydrogen (secondary N) is 3. The molecule has 4 heterocycles. The van der Waals surface area contributed by atoms with Crippen molar-refractivity contribution in [2.75, 3.05) is 6.54 Å². The normalized spacial score (nSPS) is 25.8. The van der Waals surface area contributed by atoms with Crippen molar-refractivity contribution in [2.24, 2.45) is 5.92 Å². The fraction of sp³-hybridized carbons (Fsp3) is 0.553. The molecule has 17 heteroatoms. The number of rotatable bonds is 5. The number of alkyl carbamates (subject to hydrolysis) is 1. The van der Waals surface area contributed by atoms with Gasteiger partial charge >= 0.3 is 12.2 Å². The smallest absolute Gasteiger partial charge is 0.410 e. The lowest BCUT2D eigenvalue weighted by atomic mass is 10.0. The van der Waals surface area contributed by atoms with Gasteiger partial charge in [-0.15, -0.1) is 11.3 Å². The van der Waals surface area contributed by atoms with Crippen molar-refractivity contribution < 1.29 is 46.3 Å². The van der Waals surface area contributed by atoms with Gasteiger partial charge in [0.2, 0.25) is 11.8 Å². The quantitative estimate of drug-likeness (QED) is 0.361. The Labute approximate surface area is 324 Å². The molecule has 0 spiro atoms. The number of nitrogens with zero attached hydrogens (tertiary/aromatic N) is 2. The first-order valence-corrected chi connectivity index (χ1v) is 20.8. The summed E-state index contributed by atoms with van der Waals surface area (Å²) in [6.07, 6.45) is 4.00. The highest BCUT2D eigenvalue weighted by Crippen LogP contribution is 2.46. The average molecular weight is 802 g/mol. The molecular weight excluding hydrogens is 754 g/mol. The summed E-state index contributed by atoms with van der Waals surface area (Å²) in [6, 6.07) is 3.72. The number of aryl methyl sites for hydroxylation is 2. The molecule has 1 saturated carbocycles. The summed E-state index contributed by atoms with van der Waals surface area (Å²) >= 11 is 1.03. The molecule has 2 aromatic rings. The molecule has 0 bridgehead atoms. The van der Waals surface area contributed by atoms with Crippen LogP contribution in [0.3, 0.4) is 0 Å². The number of halogens is 1. The van der Waals surface area contributed by atoms with Crippen molar-refractivity contribution in [3.05, 3.63) is 63.8 Å². The third kappa shape index (κ3) is 8.98. The summed E-state index contributed by atoms with van der Waals surface area (Å²) in [5.74, 6) is -3.23. The fourth-order valence-corrected chi connectivity index (χ4v) is 9.83. The minimum Gasteiger partial charge on any atom is -0.444 e. The first-order valence-electron chi connectivity index (χ1n) is 18.5. The number of amides is 5. The third-order valence-electron chi connectivity index (χ3n) is 10.4. The molecule has 298 valence electrons. The Morgan fingerprint density at radius 1 is 1.09 bits per heavy atom. The predicted molar refractivity (Wildman–Crippen MR) is 200 cm³/mol. The Balaban J connectivity index is 1.27. The van der Waals surface area contributed by atoms with Crippen molar-refractivity contribution in [1.29, 1.82) is 0 Å². The van der Waals surface area contributed by atoms with Gasteiger partial charge in [-0.2, -0.15) is 0 Å². The molecule has 1 aromatic carbocycles. The van der Waals surface area contributed by atoms with Crippen LogP contribution in [0.1, 0.15) is 87.3 Å². The number of carbonyl (C=O) groups is 5. The maximum atomic E-state index is 14.5. The van der Waals surface area contributed by atoms with Crippen molar-refractivity contribution in [3.8, 4) is 0 Å². The van der Waals surface area contributed by atoms with E-state index in [1.165, 1.54) is 21.9 Å². The van der Waals surface area contributed by atoms with E-state index in [0.717, 1.165) is 28.2 Å². The first-order chi connectivity index (χ1) is 25.9. The second-order valence-corrected chi connectivity index (χ2v) is 18.9. The van der Waals surface area contributed by atoms with Crippen LogP contribution in [0.2, 0.25) is 0 Å². The third-order valence-corrected chi connectivity index (χ3v) is 13.4. The van der Waals surface area contributed by atoms with Crippen LogP contribution in [0.5, 0.6) is 0 Å². The van der Waals surface area contributed by atoms with E-state index in [1.54, 1.807) is 52.8 Å². The molecule has 3 aliphatic heterocycles. The van der Waals surface area contributed by atoms with Gasteiger partial charge in [0.05, 0.1) is 13.1 Å². The van der Waals surface area contributed by atoms with Gasteiger partial charge in [0.1, 0.15) is 39.4 Å². The highest BCUT2D eigenvalue weighted by Gasteiger charge is 2.62. The van der Waals surface area contributed by atoms with Gasteiger partial charge in [-0.25, -0.2) is 27.1 Å². The Hall–Kier alpha value is -4.51. The molecule has 55 heavy (non-hydrogen) atoms. The van der Waals surface area contributed by atoms with Crippen LogP contribution >= 0.6 is 11.3 Å². The standard InChI is InChI=1S/C38H48FN5O9S2/c1-22-16-31(54-23(22)2)55(50,51)42-34(47)38-18-25(38)13-9-7-6-8-10-15-29(40-35(48)53-37(3,4)5)33(46)44-20-26(17-30(44)32(45)41-38)52-36(49)43-19-24-12-11-14-28(39)27(24)21-43/h9,11-14,16,25-26,29-30H,6-8,10,15,17-21H2,1-5H3,(H,40,48)(H,41,45)(H,42,47)/t25-,26-,29+,30+,38-/m1/s1. The Bertz CT molecular complexity index is 1990. The molecule has 6 rings (SSSR count). The lowest BCUT2D eigenvalue weighted by Gasteiger charge is -2.30. The topological polar surface area (TPSA) is 181 Å². The van der Waals surface area contributed by atoms with E-state index >= 15 is 0 Å². The van der Waals surface area contributed by atoms with E-state index in [2.05, 4.69) is 15.4 Å². The molecule has 0 unspecified atom stereocenters. The number of carbonyl (C=O) groups excluding carboxylic acids is 5. The number of allylic oxidation sites excluding steroid dienone is 1. The van der Waals surface area contributed by atoms with Crippen LogP contribution < -0.4 is 15.4 Å². The average Bonchev–Trinajstić information content (AvgIpc) is 3.39. The van der Waals surface area contributed by atoms with Gasteiger partial charge in [-0.3, -0.25) is 19.3 Å². The van der Waals surface area contributed by atoms with Gasteiger partial charge in [0.25, 0.3) is 15.9 Å². The minimum absolute atomic E-state index is 0.0118. The summed E-state index contributed by atoms with van der Waals surface area (Å²) in [6.45, 7) is 8.51. The molecule has 4 aliphatic rings. The monoisotopic (exact) mass is 801 g/mol. The zero-order chi connectivity index (χ0) is 39.9. The van der Waals surface area contributed by atoms with Crippen LogP contribution in [0.25, 0.3) is 0 Å². The zero-order valence-electron chi connectivity index (χ0n) is 31.6. The summed E-state index contributed by atoms with van der Waals surface area (Å²) < 4.78 is 54.6. The minimum atomic E-state index is -4.28. The number of hydrogen-bond donors (Lipinski definition) is 3. The van der Waals surface area contributed by atoms with E-state index in [1.807, 2.05) is 6.08 Å².